The molecule has 0 fully saturated rings. The van der Waals surface area contributed by atoms with Crippen molar-refractivity contribution in [2.24, 2.45) is 11.1 Å². The van der Waals surface area contributed by atoms with Gasteiger partial charge in [-0.25, -0.2) is 0 Å². The molecule has 0 unspecified atom stereocenters. The van der Waals surface area contributed by atoms with Crippen LogP contribution in [0.25, 0.3) is 0 Å². The Labute approximate surface area is 176 Å². The molecule has 0 aromatic heterocycles. The van der Waals surface area contributed by atoms with E-state index in [2.05, 4.69) is 6.92 Å². The molecule has 6 heteroatoms. The molecule has 138 valence electrons. The highest BCUT2D eigenvalue weighted by Gasteiger charge is 2.29. The minimum Gasteiger partial charge on any atom is -0.330 e. The number of benzene rings is 2. The third-order valence-corrected chi connectivity index (χ3v) is 5.82. The summed E-state index contributed by atoms with van der Waals surface area (Å²) in [5, 5.41) is 2.29. The average molecular weight is 442 g/mol. The second-order valence-corrected chi connectivity index (χ2v) is 7.93. The third-order valence-electron chi connectivity index (χ3n) is 4.34. The van der Waals surface area contributed by atoms with E-state index in [0.717, 1.165) is 36.8 Å². The van der Waals surface area contributed by atoms with Gasteiger partial charge < -0.3 is 5.73 Å². The van der Waals surface area contributed by atoms with Crippen LogP contribution in [0, 0.1) is 5.41 Å². The Balaban J connectivity index is 0.00000312. The van der Waals surface area contributed by atoms with Gasteiger partial charge >= 0.3 is 0 Å². The predicted octanol–water partition coefficient (Wildman–Crippen LogP) is 7.25. The summed E-state index contributed by atoms with van der Waals surface area (Å²) < 4.78 is 0. The van der Waals surface area contributed by atoms with Gasteiger partial charge in [-0.2, -0.15) is 0 Å². The molecule has 0 bridgehead atoms. The Hall–Kier alpha value is -0.150. The fourth-order valence-electron chi connectivity index (χ4n) is 3.18. The quantitative estimate of drug-likeness (QED) is 0.481. The van der Waals surface area contributed by atoms with Gasteiger partial charge in [0.25, 0.3) is 0 Å². The first-order chi connectivity index (χ1) is 11.4. The number of hydrogen-bond acceptors (Lipinski definition) is 1. The molecule has 0 aliphatic carbocycles. The molecule has 2 N–H and O–H groups in total. The van der Waals surface area contributed by atoms with E-state index in [-0.39, 0.29) is 17.8 Å². The Morgan fingerprint density at radius 2 is 1.24 bits per heavy atom. The van der Waals surface area contributed by atoms with Crippen LogP contribution in [0.3, 0.4) is 0 Å². The third kappa shape index (κ3) is 6.20. The van der Waals surface area contributed by atoms with Crippen molar-refractivity contribution in [1.82, 2.24) is 0 Å². The van der Waals surface area contributed by atoms with Gasteiger partial charge in [0.15, 0.2) is 0 Å². The summed E-state index contributed by atoms with van der Waals surface area (Å²) >= 11 is 24.4. The van der Waals surface area contributed by atoms with Crippen LogP contribution in [0.5, 0.6) is 0 Å². The van der Waals surface area contributed by atoms with Gasteiger partial charge in [0.2, 0.25) is 0 Å². The van der Waals surface area contributed by atoms with Gasteiger partial charge in [-0.1, -0.05) is 71.9 Å². The number of halogens is 5. The van der Waals surface area contributed by atoms with Crippen LogP contribution in [0.4, 0.5) is 0 Å². The summed E-state index contributed by atoms with van der Waals surface area (Å²) in [6.07, 6.45) is 3.76. The van der Waals surface area contributed by atoms with Gasteiger partial charge in [-0.3, -0.25) is 0 Å². The molecule has 0 saturated carbocycles. The van der Waals surface area contributed by atoms with Gasteiger partial charge in [-0.15, -0.1) is 12.4 Å². The fraction of sp³-hybridized carbons (Fsp3) is 0.368. The lowest BCUT2D eigenvalue weighted by molar-refractivity contribution is 0.265. The topological polar surface area (TPSA) is 26.0 Å². The van der Waals surface area contributed by atoms with Crippen LogP contribution in [0.1, 0.15) is 30.9 Å². The minimum absolute atomic E-state index is 0. The second-order valence-electron chi connectivity index (χ2n) is 6.30. The highest BCUT2D eigenvalue weighted by molar-refractivity contribution is 6.42. The fourth-order valence-corrected chi connectivity index (χ4v) is 3.82. The molecule has 0 atom stereocenters. The number of rotatable bonds is 7. The van der Waals surface area contributed by atoms with E-state index >= 15 is 0 Å². The first-order valence-electron chi connectivity index (χ1n) is 7.97. The Bertz CT molecular complexity index is 649. The summed E-state index contributed by atoms with van der Waals surface area (Å²) in [5.41, 5.74) is 8.44. The van der Waals surface area contributed by atoms with E-state index in [4.69, 9.17) is 52.1 Å². The van der Waals surface area contributed by atoms with E-state index in [1.165, 1.54) is 0 Å². The van der Waals surface area contributed by atoms with Crippen LogP contribution in [0.15, 0.2) is 36.4 Å². The number of nitrogens with two attached hydrogens (primary N) is 1. The van der Waals surface area contributed by atoms with Crippen molar-refractivity contribution < 1.29 is 0 Å². The van der Waals surface area contributed by atoms with Crippen molar-refractivity contribution in [3.8, 4) is 0 Å². The highest BCUT2D eigenvalue weighted by atomic mass is 35.5. The van der Waals surface area contributed by atoms with Gasteiger partial charge in [0.1, 0.15) is 0 Å². The molecule has 0 heterocycles. The van der Waals surface area contributed by atoms with Crippen LogP contribution in [-0.2, 0) is 12.8 Å². The van der Waals surface area contributed by atoms with Crippen molar-refractivity contribution in [2.75, 3.05) is 6.54 Å². The van der Waals surface area contributed by atoms with E-state index in [0.29, 0.717) is 26.6 Å². The van der Waals surface area contributed by atoms with Gasteiger partial charge in [0.05, 0.1) is 20.1 Å². The lowest BCUT2D eigenvalue weighted by Gasteiger charge is -2.33. The van der Waals surface area contributed by atoms with Crippen molar-refractivity contribution in [1.29, 1.82) is 0 Å². The summed E-state index contributed by atoms with van der Waals surface area (Å²) in [5.74, 6) is 0. The Morgan fingerprint density at radius 1 is 0.800 bits per heavy atom. The standard InChI is InChI=1S/C19H21Cl4N.ClH/c1-2-7-19(12-24,10-13-3-5-15(20)17(22)8-13)11-14-4-6-16(21)18(23)9-14;/h3-6,8-9H,2,7,10-12,24H2,1H3;1H. The van der Waals surface area contributed by atoms with Crippen LogP contribution in [0.2, 0.25) is 20.1 Å². The Morgan fingerprint density at radius 3 is 1.56 bits per heavy atom. The highest BCUT2D eigenvalue weighted by Crippen LogP contribution is 2.35. The molecule has 0 saturated heterocycles. The van der Waals surface area contributed by atoms with Crippen LogP contribution in [-0.4, -0.2) is 6.54 Å². The molecule has 2 aromatic carbocycles. The van der Waals surface area contributed by atoms with Crippen molar-refractivity contribution in [3.63, 3.8) is 0 Å². The first kappa shape index (κ1) is 22.9. The molecule has 2 aromatic rings. The molecule has 0 radical (unpaired) electrons. The normalized spacial score (nSPS) is 11.3. The van der Waals surface area contributed by atoms with Crippen molar-refractivity contribution >= 4 is 58.8 Å². The zero-order valence-corrected chi connectivity index (χ0v) is 17.8. The van der Waals surface area contributed by atoms with Crippen molar-refractivity contribution in [2.45, 2.75) is 32.6 Å². The average Bonchev–Trinajstić information content (AvgIpc) is 2.54. The largest absolute Gasteiger partial charge is 0.330 e. The number of hydrogen-bond donors (Lipinski definition) is 1. The summed E-state index contributed by atoms with van der Waals surface area (Å²) in [7, 11) is 0. The molecule has 0 spiro atoms. The molecular formula is C19H22Cl5N. The van der Waals surface area contributed by atoms with E-state index in [1.54, 1.807) is 0 Å². The van der Waals surface area contributed by atoms with E-state index < -0.39 is 0 Å². The van der Waals surface area contributed by atoms with E-state index in [9.17, 15) is 0 Å². The maximum Gasteiger partial charge on any atom is 0.0595 e. The zero-order chi connectivity index (χ0) is 17.7. The SMILES string of the molecule is CCCC(CN)(Cc1ccc(Cl)c(Cl)c1)Cc1ccc(Cl)c(Cl)c1.Cl. The molecule has 0 amide bonds. The van der Waals surface area contributed by atoms with Crippen molar-refractivity contribution in [3.05, 3.63) is 67.6 Å². The molecule has 0 aliphatic heterocycles. The molecular weight excluding hydrogens is 419 g/mol. The van der Waals surface area contributed by atoms with Crippen LogP contribution >= 0.6 is 58.8 Å². The predicted molar refractivity (Wildman–Crippen MR) is 114 cm³/mol. The lowest BCUT2D eigenvalue weighted by Crippen LogP contribution is -2.35. The molecule has 0 aliphatic rings. The Kier molecular flexibility index (Phi) is 9.39. The summed E-state index contributed by atoms with van der Waals surface area (Å²) in [6.45, 7) is 2.76. The smallest absolute Gasteiger partial charge is 0.0595 e. The van der Waals surface area contributed by atoms with Gasteiger partial charge in [-0.05, 0) is 66.6 Å². The maximum absolute atomic E-state index is 6.21. The lowest BCUT2D eigenvalue weighted by atomic mass is 9.73. The minimum atomic E-state index is -0.0525. The monoisotopic (exact) mass is 439 g/mol. The first-order valence-corrected chi connectivity index (χ1v) is 9.48. The molecule has 1 nitrogen and oxygen atoms in total. The molecule has 2 rings (SSSR count). The van der Waals surface area contributed by atoms with E-state index in [1.807, 2.05) is 36.4 Å². The van der Waals surface area contributed by atoms with Crippen LogP contribution < -0.4 is 5.73 Å². The zero-order valence-electron chi connectivity index (χ0n) is 14.0. The van der Waals surface area contributed by atoms with Gasteiger partial charge in [0, 0.05) is 0 Å². The molecule has 25 heavy (non-hydrogen) atoms. The second kappa shape index (κ2) is 10.3. The summed E-state index contributed by atoms with van der Waals surface area (Å²) in [4.78, 5) is 0. The maximum atomic E-state index is 6.21. The summed E-state index contributed by atoms with van der Waals surface area (Å²) in [6, 6.07) is 11.6.